The molecule has 11 heteroatoms. The summed E-state index contributed by atoms with van der Waals surface area (Å²) in [5.74, 6) is -1.80. The van der Waals surface area contributed by atoms with E-state index in [1.807, 2.05) is 0 Å². The Morgan fingerprint density at radius 3 is 1.33 bits per heavy atom. The highest BCUT2D eigenvalue weighted by molar-refractivity contribution is 7.47. The van der Waals surface area contributed by atoms with Gasteiger partial charge in [-0.25, -0.2) is 4.57 Å². The van der Waals surface area contributed by atoms with Crippen LogP contribution in [0.5, 0.6) is 0 Å². The van der Waals surface area contributed by atoms with E-state index < -0.39 is 45.1 Å². The first kappa shape index (κ1) is 61.1. The Hall–Kier alpha value is -2.85. The molecule has 0 radical (unpaired) electrons. The smallest absolute Gasteiger partial charge is 0.472 e. The Labute approximate surface area is 390 Å². The van der Waals surface area contributed by atoms with Crippen molar-refractivity contribution in [2.45, 2.75) is 212 Å². The first-order valence-electron chi connectivity index (χ1n) is 25.1. The number of hydrogen-bond donors (Lipinski definition) is 3. The number of aliphatic carboxylic acids is 1. The summed E-state index contributed by atoms with van der Waals surface area (Å²) in [5, 5.41) is 8.92. The second-order valence-electron chi connectivity index (χ2n) is 16.6. The second kappa shape index (κ2) is 48.1. The number of phosphoric acid groups is 1. The normalized spacial score (nSPS) is 14.4. The van der Waals surface area contributed by atoms with E-state index in [9.17, 15) is 19.0 Å². The first-order valence-corrected chi connectivity index (χ1v) is 26.6. The van der Waals surface area contributed by atoms with Gasteiger partial charge >= 0.3 is 19.8 Å². The molecule has 0 aromatic rings. The number of hydrogen-bond acceptors (Lipinski definition) is 8. The molecule has 0 fully saturated rings. The van der Waals surface area contributed by atoms with Crippen LogP contribution < -0.4 is 5.73 Å². The number of rotatable bonds is 47. The van der Waals surface area contributed by atoms with Gasteiger partial charge in [0, 0.05) is 13.0 Å². The minimum atomic E-state index is -4.64. The SMILES string of the molecule is CC/C=C\C/C=C\C/C=C\C/C=C\C/C=C\C/C=C\C/C=C\CCCCOCC(COP(=O)(O)OCC(N)C(=O)O)OC(=O)CCCCCCCCCCCCCCCCCCCC. The van der Waals surface area contributed by atoms with E-state index >= 15 is 0 Å². The van der Waals surface area contributed by atoms with Crippen LogP contribution in [0.25, 0.3) is 0 Å². The molecule has 0 heterocycles. The lowest BCUT2D eigenvalue weighted by atomic mass is 10.0. The van der Waals surface area contributed by atoms with Crippen LogP contribution in [0.2, 0.25) is 0 Å². The fraction of sp³-hybridized carbons (Fsp3) is 0.698. The third kappa shape index (κ3) is 47.1. The van der Waals surface area contributed by atoms with Gasteiger partial charge in [-0.2, -0.15) is 0 Å². The Morgan fingerprint density at radius 1 is 0.516 bits per heavy atom. The average molecular weight is 918 g/mol. The fourth-order valence-corrected chi connectivity index (χ4v) is 7.36. The molecule has 0 aromatic carbocycles. The summed E-state index contributed by atoms with van der Waals surface area (Å²) in [6.07, 6.45) is 62.2. The number of carboxylic acid groups (broad SMARTS) is 1. The highest BCUT2D eigenvalue weighted by Gasteiger charge is 2.27. The van der Waals surface area contributed by atoms with Gasteiger partial charge in [-0.1, -0.05) is 208 Å². The van der Waals surface area contributed by atoms with Crippen LogP contribution in [0.1, 0.15) is 200 Å². The van der Waals surface area contributed by atoms with Gasteiger partial charge in [-0.3, -0.25) is 18.6 Å². The van der Waals surface area contributed by atoms with Gasteiger partial charge in [0.25, 0.3) is 0 Å². The number of carbonyl (C=O) groups is 2. The van der Waals surface area contributed by atoms with Crippen LogP contribution in [-0.2, 0) is 32.7 Å². The Morgan fingerprint density at radius 2 is 0.906 bits per heavy atom. The summed E-state index contributed by atoms with van der Waals surface area (Å²) in [7, 11) is -4.64. The minimum Gasteiger partial charge on any atom is -0.480 e. The third-order valence-corrected chi connectivity index (χ3v) is 11.4. The highest BCUT2D eigenvalue weighted by atomic mass is 31.2. The maximum absolute atomic E-state index is 12.7. The second-order valence-corrected chi connectivity index (χ2v) is 18.0. The van der Waals surface area contributed by atoms with Gasteiger partial charge in [0.1, 0.15) is 12.1 Å². The molecule has 368 valence electrons. The molecule has 0 aromatic heterocycles. The highest BCUT2D eigenvalue weighted by Crippen LogP contribution is 2.43. The zero-order valence-corrected chi connectivity index (χ0v) is 41.2. The van der Waals surface area contributed by atoms with Crippen molar-refractivity contribution >= 4 is 19.8 Å². The number of unbranched alkanes of at least 4 members (excludes halogenated alkanes) is 19. The van der Waals surface area contributed by atoms with Crippen molar-refractivity contribution in [1.29, 1.82) is 0 Å². The minimum absolute atomic E-state index is 0.0158. The maximum Gasteiger partial charge on any atom is 0.472 e. The number of carbonyl (C=O) groups excluding carboxylic acids is 1. The molecule has 0 rings (SSSR count). The molecular formula is C53H92NO9P. The average Bonchev–Trinajstić information content (AvgIpc) is 3.28. The number of allylic oxidation sites excluding steroid dienone is 14. The van der Waals surface area contributed by atoms with Gasteiger partial charge < -0.3 is 25.2 Å². The summed E-state index contributed by atoms with van der Waals surface area (Å²) in [4.78, 5) is 33.7. The lowest BCUT2D eigenvalue weighted by molar-refractivity contribution is -0.154. The standard InChI is InChI=1S/C53H92NO9P/c1-3-5-7-9-11-13-15-17-19-21-23-24-25-26-27-28-30-32-34-36-38-40-42-44-46-60-47-50(48-61-64(58,59)62-49-51(54)53(56)57)63-52(55)45-43-41-39-37-35-33-31-29-22-20-18-16-14-12-10-8-6-4-2/h5,7,11,13,17,19,23-24,26-27,30,32,36,38,50-51H,3-4,6,8-10,12,14-16,18,20-22,25,28-29,31,33-35,37,39-49,54H2,1-2H3,(H,56,57)(H,58,59)/b7-5-,13-11-,19-17-,24-23-,27-26-,32-30-,38-36-. The number of carboxylic acids is 1. The quantitative estimate of drug-likeness (QED) is 0.0233. The molecule has 0 aliphatic carbocycles. The summed E-state index contributed by atoms with van der Waals surface area (Å²) < 4.78 is 33.4. The maximum atomic E-state index is 12.7. The van der Waals surface area contributed by atoms with Crippen molar-refractivity contribution in [2.75, 3.05) is 26.4 Å². The van der Waals surface area contributed by atoms with Gasteiger partial charge in [0.15, 0.2) is 0 Å². The van der Waals surface area contributed by atoms with Crippen LogP contribution in [0, 0.1) is 0 Å². The van der Waals surface area contributed by atoms with Crippen molar-refractivity contribution in [3.63, 3.8) is 0 Å². The Balaban J connectivity index is 4.26. The lowest BCUT2D eigenvalue weighted by Crippen LogP contribution is -2.34. The van der Waals surface area contributed by atoms with Crippen LogP contribution >= 0.6 is 7.82 Å². The van der Waals surface area contributed by atoms with E-state index in [-0.39, 0.29) is 13.0 Å². The molecule has 3 atom stereocenters. The Kier molecular flexibility index (Phi) is 46.0. The number of nitrogens with two attached hydrogens (primary N) is 1. The van der Waals surface area contributed by atoms with Crippen LogP contribution in [0.4, 0.5) is 0 Å². The van der Waals surface area contributed by atoms with E-state index in [4.69, 9.17) is 29.4 Å². The van der Waals surface area contributed by atoms with Crippen molar-refractivity contribution in [2.24, 2.45) is 5.73 Å². The molecule has 4 N–H and O–H groups in total. The third-order valence-electron chi connectivity index (χ3n) is 10.4. The molecule has 0 amide bonds. The van der Waals surface area contributed by atoms with E-state index in [0.717, 1.165) is 83.5 Å². The molecule has 0 spiro atoms. The van der Waals surface area contributed by atoms with E-state index in [2.05, 4.69) is 98.9 Å². The van der Waals surface area contributed by atoms with Gasteiger partial charge in [-0.15, -0.1) is 0 Å². The molecule has 0 aliphatic rings. The van der Waals surface area contributed by atoms with Crippen molar-refractivity contribution < 1.29 is 42.7 Å². The molecule has 0 saturated heterocycles. The van der Waals surface area contributed by atoms with Crippen molar-refractivity contribution in [3.05, 3.63) is 85.1 Å². The van der Waals surface area contributed by atoms with Crippen molar-refractivity contribution in [1.82, 2.24) is 0 Å². The summed E-state index contributed by atoms with van der Waals surface area (Å²) in [6.45, 7) is 3.67. The summed E-state index contributed by atoms with van der Waals surface area (Å²) in [6, 6.07) is -1.48. The van der Waals surface area contributed by atoms with Gasteiger partial charge in [0.05, 0.1) is 19.8 Å². The number of ether oxygens (including phenoxy) is 2. The summed E-state index contributed by atoms with van der Waals surface area (Å²) in [5.41, 5.74) is 5.37. The predicted molar refractivity (Wildman–Crippen MR) is 267 cm³/mol. The van der Waals surface area contributed by atoms with Gasteiger partial charge in [0.2, 0.25) is 0 Å². The van der Waals surface area contributed by atoms with Crippen molar-refractivity contribution in [3.8, 4) is 0 Å². The lowest BCUT2D eigenvalue weighted by Gasteiger charge is -2.20. The number of phosphoric ester groups is 1. The molecule has 64 heavy (non-hydrogen) atoms. The zero-order chi connectivity index (χ0) is 46.9. The first-order chi connectivity index (χ1) is 31.2. The van der Waals surface area contributed by atoms with E-state index in [1.165, 1.54) is 89.9 Å². The molecule has 0 aliphatic heterocycles. The topological polar surface area (TPSA) is 155 Å². The van der Waals surface area contributed by atoms with E-state index in [1.54, 1.807) is 0 Å². The van der Waals surface area contributed by atoms with Crippen LogP contribution in [0.15, 0.2) is 85.1 Å². The largest absolute Gasteiger partial charge is 0.480 e. The molecule has 10 nitrogen and oxygen atoms in total. The van der Waals surface area contributed by atoms with E-state index in [0.29, 0.717) is 13.0 Å². The van der Waals surface area contributed by atoms with Crippen LogP contribution in [0.3, 0.4) is 0 Å². The predicted octanol–water partition coefficient (Wildman–Crippen LogP) is 14.7. The Bertz CT molecular complexity index is 1340. The monoisotopic (exact) mass is 918 g/mol. The molecular weight excluding hydrogens is 826 g/mol. The summed E-state index contributed by atoms with van der Waals surface area (Å²) >= 11 is 0. The van der Waals surface area contributed by atoms with Gasteiger partial charge in [-0.05, 0) is 70.6 Å². The number of esters is 1. The molecule has 3 unspecified atom stereocenters. The fourth-order valence-electron chi connectivity index (χ4n) is 6.58. The molecule has 0 saturated carbocycles. The zero-order valence-electron chi connectivity index (χ0n) is 40.3. The molecule has 0 bridgehead atoms. The van der Waals surface area contributed by atoms with Crippen LogP contribution in [-0.4, -0.2) is 60.5 Å².